The van der Waals surface area contributed by atoms with Crippen LogP contribution in [0.25, 0.3) is 10.1 Å². The molecule has 1 aliphatic rings. The molecule has 0 aliphatic carbocycles. The maximum Gasteiger partial charge on any atom is 0.315 e. The smallest absolute Gasteiger partial charge is 0.315 e. The zero-order valence-corrected chi connectivity index (χ0v) is 12.5. The van der Waals surface area contributed by atoms with Crippen LogP contribution in [0.2, 0.25) is 0 Å². The number of ether oxygens (including phenoxy) is 1. The molecule has 1 aromatic heterocycles. The van der Waals surface area contributed by atoms with Gasteiger partial charge < -0.3 is 20.7 Å². The number of hydrogen-bond donors (Lipinski definition) is 3. The fourth-order valence-corrected chi connectivity index (χ4v) is 3.10. The molecule has 112 valence electrons. The lowest BCUT2D eigenvalue weighted by molar-refractivity contribution is 0.0307. The number of nitrogens with one attached hydrogen (secondary N) is 3. The van der Waals surface area contributed by atoms with Gasteiger partial charge in [0.1, 0.15) is 0 Å². The minimum Gasteiger partial charge on any atom is -0.374 e. The van der Waals surface area contributed by atoms with Gasteiger partial charge in [0.2, 0.25) is 0 Å². The highest BCUT2D eigenvalue weighted by Gasteiger charge is 2.13. The molecule has 1 atom stereocenters. The molecule has 1 unspecified atom stereocenters. The number of thiophene rings is 1. The summed E-state index contributed by atoms with van der Waals surface area (Å²) < 4.78 is 6.80. The van der Waals surface area contributed by atoms with Crippen molar-refractivity contribution in [1.82, 2.24) is 16.0 Å². The molecule has 1 saturated heterocycles. The Balaban J connectivity index is 1.44. The summed E-state index contributed by atoms with van der Waals surface area (Å²) in [5.74, 6) is 0. The first-order valence-corrected chi connectivity index (χ1v) is 7.99. The topological polar surface area (TPSA) is 62.4 Å². The van der Waals surface area contributed by atoms with Gasteiger partial charge in [-0.1, -0.05) is 6.07 Å². The normalized spacial score (nSPS) is 18.6. The van der Waals surface area contributed by atoms with Gasteiger partial charge in [0.15, 0.2) is 0 Å². The van der Waals surface area contributed by atoms with Gasteiger partial charge >= 0.3 is 6.03 Å². The number of rotatable bonds is 4. The van der Waals surface area contributed by atoms with Crippen LogP contribution in [0.4, 0.5) is 4.79 Å². The highest BCUT2D eigenvalue weighted by atomic mass is 32.1. The molecule has 1 aromatic carbocycles. The standard InChI is InChI=1S/C15H19N3O2S/c19-15(18-10-13-9-16-4-5-20-13)17-8-11-1-2-14-12(7-11)3-6-21-14/h1-3,6-7,13,16H,4-5,8-10H2,(H2,17,18,19). The van der Waals surface area contributed by atoms with Gasteiger partial charge in [-0.2, -0.15) is 0 Å². The van der Waals surface area contributed by atoms with Crippen LogP contribution in [-0.2, 0) is 11.3 Å². The van der Waals surface area contributed by atoms with Crippen molar-refractivity contribution in [3.05, 3.63) is 35.2 Å². The van der Waals surface area contributed by atoms with E-state index in [-0.39, 0.29) is 12.1 Å². The highest BCUT2D eigenvalue weighted by molar-refractivity contribution is 7.17. The Morgan fingerprint density at radius 1 is 1.38 bits per heavy atom. The van der Waals surface area contributed by atoms with Crippen LogP contribution < -0.4 is 16.0 Å². The first kappa shape index (κ1) is 14.3. The van der Waals surface area contributed by atoms with Crippen molar-refractivity contribution in [3.8, 4) is 0 Å². The molecule has 2 amide bonds. The number of urea groups is 1. The predicted molar refractivity (Wildman–Crippen MR) is 84.7 cm³/mol. The quantitative estimate of drug-likeness (QED) is 0.805. The minimum absolute atomic E-state index is 0.0617. The molecular weight excluding hydrogens is 286 g/mol. The average molecular weight is 305 g/mol. The maximum atomic E-state index is 11.8. The lowest BCUT2D eigenvalue weighted by Gasteiger charge is -2.23. The summed E-state index contributed by atoms with van der Waals surface area (Å²) in [6.07, 6.45) is 0.0617. The van der Waals surface area contributed by atoms with Gasteiger partial charge in [0.25, 0.3) is 0 Å². The Hall–Kier alpha value is -1.63. The van der Waals surface area contributed by atoms with E-state index >= 15 is 0 Å². The van der Waals surface area contributed by atoms with Crippen molar-refractivity contribution >= 4 is 27.5 Å². The first-order valence-electron chi connectivity index (χ1n) is 7.11. The van der Waals surface area contributed by atoms with Crippen molar-refractivity contribution in [1.29, 1.82) is 0 Å². The number of morpholine rings is 1. The fourth-order valence-electron chi connectivity index (χ4n) is 2.33. The second-order valence-corrected chi connectivity index (χ2v) is 6.00. The number of carbonyl (C=O) groups excluding carboxylic acids is 1. The van der Waals surface area contributed by atoms with Crippen LogP contribution in [0.1, 0.15) is 5.56 Å². The van der Waals surface area contributed by atoms with E-state index in [2.05, 4.69) is 39.5 Å². The van der Waals surface area contributed by atoms with Crippen molar-refractivity contribution in [3.63, 3.8) is 0 Å². The zero-order chi connectivity index (χ0) is 14.5. The van der Waals surface area contributed by atoms with Gasteiger partial charge in [-0.3, -0.25) is 0 Å². The van der Waals surface area contributed by atoms with Gasteiger partial charge in [-0.05, 0) is 34.5 Å². The SMILES string of the molecule is O=C(NCc1ccc2sccc2c1)NCC1CNCCO1. The molecule has 2 aromatic rings. The van der Waals surface area contributed by atoms with E-state index in [1.54, 1.807) is 11.3 Å². The summed E-state index contributed by atoms with van der Waals surface area (Å²) in [7, 11) is 0. The van der Waals surface area contributed by atoms with E-state index in [9.17, 15) is 4.79 Å². The molecule has 3 rings (SSSR count). The Morgan fingerprint density at radius 2 is 2.33 bits per heavy atom. The van der Waals surface area contributed by atoms with Gasteiger partial charge in [-0.25, -0.2) is 4.79 Å². The molecule has 3 N–H and O–H groups in total. The van der Waals surface area contributed by atoms with Crippen LogP contribution in [0.3, 0.4) is 0 Å². The van der Waals surface area contributed by atoms with E-state index in [4.69, 9.17) is 4.74 Å². The molecule has 1 aliphatic heterocycles. The molecule has 0 radical (unpaired) electrons. The molecule has 0 saturated carbocycles. The number of fused-ring (bicyclic) bond motifs is 1. The molecular formula is C15H19N3O2S. The predicted octanol–water partition coefficient (Wildman–Crippen LogP) is 1.69. The van der Waals surface area contributed by atoms with Crippen molar-refractivity contribution in [2.45, 2.75) is 12.6 Å². The first-order chi connectivity index (χ1) is 10.3. The summed E-state index contributed by atoms with van der Waals surface area (Å²) in [6.45, 7) is 3.43. The summed E-state index contributed by atoms with van der Waals surface area (Å²) >= 11 is 1.72. The molecule has 5 nitrogen and oxygen atoms in total. The summed E-state index contributed by atoms with van der Waals surface area (Å²) in [6, 6.07) is 8.19. The second-order valence-electron chi connectivity index (χ2n) is 5.05. The average Bonchev–Trinajstić information content (AvgIpc) is 2.99. The summed E-state index contributed by atoms with van der Waals surface area (Å²) in [5, 5.41) is 12.2. The molecule has 0 spiro atoms. The number of hydrogen-bond acceptors (Lipinski definition) is 4. The zero-order valence-electron chi connectivity index (χ0n) is 11.7. The third-order valence-electron chi connectivity index (χ3n) is 3.46. The van der Waals surface area contributed by atoms with E-state index in [1.807, 2.05) is 6.07 Å². The van der Waals surface area contributed by atoms with Gasteiger partial charge in [0.05, 0.1) is 12.7 Å². The molecule has 0 bridgehead atoms. The van der Waals surface area contributed by atoms with Crippen molar-refractivity contribution < 1.29 is 9.53 Å². The minimum atomic E-state index is -0.158. The molecule has 2 heterocycles. The van der Waals surface area contributed by atoms with E-state index in [1.165, 1.54) is 10.1 Å². The lowest BCUT2D eigenvalue weighted by atomic mass is 10.2. The van der Waals surface area contributed by atoms with Crippen LogP contribution in [0.15, 0.2) is 29.6 Å². The number of benzene rings is 1. The second kappa shape index (κ2) is 6.89. The summed E-state index contributed by atoms with van der Waals surface area (Å²) in [5.41, 5.74) is 1.10. The third-order valence-corrected chi connectivity index (χ3v) is 4.36. The maximum absolute atomic E-state index is 11.8. The van der Waals surface area contributed by atoms with Gasteiger partial charge in [0, 0.05) is 30.9 Å². The Kier molecular flexibility index (Phi) is 4.69. The van der Waals surface area contributed by atoms with E-state index < -0.39 is 0 Å². The Labute approximate surface area is 127 Å². The Bertz CT molecular complexity index is 608. The fraction of sp³-hybridized carbons (Fsp3) is 0.400. The van der Waals surface area contributed by atoms with Gasteiger partial charge in [-0.15, -0.1) is 11.3 Å². The van der Waals surface area contributed by atoms with Crippen molar-refractivity contribution in [2.75, 3.05) is 26.2 Å². The van der Waals surface area contributed by atoms with Crippen LogP contribution in [-0.4, -0.2) is 38.4 Å². The Morgan fingerprint density at radius 3 is 3.19 bits per heavy atom. The molecule has 1 fully saturated rings. The largest absolute Gasteiger partial charge is 0.374 e. The van der Waals surface area contributed by atoms with Crippen molar-refractivity contribution in [2.24, 2.45) is 0 Å². The molecule has 21 heavy (non-hydrogen) atoms. The van der Waals surface area contributed by atoms with Crippen LogP contribution in [0, 0.1) is 0 Å². The van der Waals surface area contributed by atoms with Crippen LogP contribution in [0.5, 0.6) is 0 Å². The number of amides is 2. The highest BCUT2D eigenvalue weighted by Crippen LogP contribution is 2.21. The third kappa shape index (κ3) is 3.93. The lowest BCUT2D eigenvalue weighted by Crippen LogP contribution is -2.47. The summed E-state index contributed by atoms with van der Waals surface area (Å²) in [4.78, 5) is 11.8. The van der Waals surface area contributed by atoms with E-state index in [0.29, 0.717) is 19.7 Å². The monoisotopic (exact) mass is 305 g/mol. The molecule has 6 heteroatoms. The number of carbonyl (C=O) groups is 1. The van der Waals surface area contributed by atoms with Crippen LogP contribution >= 0.6 is 11.3 Å². The van der Waals surface area contributed by atoms with E-state index in [0.717, 1.165) is 18.7 Å².